The molecule has 1 aromatic heterocycles. The predicted molar refractivity (Wildman–Crippen MR) is 51.2 cm³/mol. The highest BCUT2D eigenvalue weighted by atomic mass is 16.4. The molecule has 4 heteroatoms. The normalized spacial score (nSPS) is 21.0. The third-order valence-electron chi connectivity index (χ3n) is 2.45. The highest BCUT2D eigenvalue weighted by molar-refractivity contribution is 5.87. The van der Waals surface area contributed by atoms with Crippen LogP contribution >= 0.6 is 0 Å². The van der Waals surface area contributed by atoms with E-state index in [0.717, 1.165) is 25.1 Å². The summed E-state index contributed by atoms with van der Waals surface area (Å²) in [5, 5.41) is 12.0. The molecule has 1 saturated heterocycles. The standard InChI is InChI=1S/C10H12N2O2/c13-10(14)7-3-4-9(12-6-7)8-2-1-5-11-8/h3-4,6,8,11H,1-2,5H2,(H,13,14)/t8-/m0/s1. The van der Waals surface area contributed by atoms with Gasteiger partial charge in [-0.25, -0.2) is 4.79 Å². The predicted octanol–water partition coefficient (Wildman–Crippen LogP) is 1.20. The minimum Gasteiger partial charge on any atom is -0.478 e. The Morgan fingerprint density at radius 2 is 2.43 bits per heavy atom. The number of carboxylic acids is 1. The Kier molecular flexibility index (Phi) is 2.45. The van der Waals surface area contributed by atoms with Crippen molar-refractivity contribution in [2.75, 3.05) is 6.54 Å². The van der Waals surface area contributed by atoms with Crippen molar-refractivity contribution in [2.45, 2.75) is 18.9 Å². The molecule has 1 fully saturated rings. The maximum absolute atomic E-state index is 10.6. The molecule has 0 unspecified atom stereocenters. The van der Waals surface area contributed by atoms with Crippen LogP contribution in [0.15, 0.2) is 18.3 Å². The van der Waals surface area contributed by atoms with Crippen LogP contribution in [0.3, 0.4) is 0 Å². The Labute approximate surface area is 82.0 Å². The lowest BCUT2D eigenvalue weighted by molar-refractivity contribution is 0.0696. The summed E-state index contributed by atoms with van der Waals surface area (Å²) in [6.45, 7) is 1.02. The van der Waals surface area contributed by atoms with Gasteiger partial charge in [-0.3, -0.25) is 4.98 Å². The number of nitrogens with one attached hydrogen (secondary N) is 1. The molecule has 0 radical (unpaired) electrons. The maximum atomic E-state index is 10.6. The van der Waals surface area contributed by atoms with E-state index < -0.39 is 5.97 Å². The summed E-state index contributed by atoms with van der Waals surface area (Å²) < 4.78 is 0. The van der Waals surface area contributed by atoms with E-state index in [-0.39, 0.29) is 5.56 Å². The van der Waals surface area contributed by atoms with Crippen molar-refractivity contribution in [3.8, 4) is 0 Å². The minimum absolute atomic E-state index is 0.242. The van der Waals surface area contributed by atoms with Crippen molar-refractivity contribution in [3.05, 3.63) is 29.6 Å². The van der Waals surface area contributed by atoms with Crippen molar-refractivity contribution >= 4 is 5.97 Å². The van der Waals surface area contributed by atoms with Crippen molar-refractivity contribution in [1.29, 1.82) is 0 Å². The molecule has 0 aromatic carbocycles. The number of hydrogen-bond donors (Lipinski definition) is 2. The Bertz CT molecular complexity index is 328. The smallest absolute Gasteiger partial charge is 0.337 e. The van der Waals surface area contributed by atoms with Gasteiger partial charge in [-0.1, -0.05) is 0 Å². The fraction of sp³-hybridized carbons (Fsp3) is 0.400. The average Bonchev–Trinajstić information content (AvgIpc) is 2.71. The highest BCUT2D eigenvalue weighted by Gasteiger charge is 2.17. The zero-order valence-corrected chi connectivity index (χ0v) is 7.73. The lowest BCUT2D eigenvalue weighted by Crippen LogP contribution is -2.14. The fourth-order valence-corrected chi connectivity index (χ4v) is 1.67. The zero-order chi connectivity index (χ0) is 9.97. The summed E-state index contributed by atoms with van der Waals surface area (Å²) >= 11 is 0. The largest absolute Gasteiger partial charge is 0.478 e. The van der Waals surface area contributed by atoms with Gasteiger partial charge in [0.25, 0.3) is 0 Å². The van der Waals surface area contributed by atoms with E-state index in [9.17, 15) is 4.79 Å². The molecule has 2 N–H and O–H groups in total. The summed E-state index contributed by atoms with van der Waals surface area (Å²) in [6.07, 6.45) is 3.66. The van der Waals surface area contributed by atoms with Crippen LogP contribution in [0.1, 0.15) is 34.9 Å². The molecule has 1 aromatic rings. The van der Waals surface area contributed by atoms with Crippen LogP contribution in [0.25, 0.3) is 0 Å². The second-order valence-corrected chi connectivity index (χ2v) is 3.43. The number of rotatable bonds is 2. The number of carbonyl (C=O) groups is 1. The number of carboxylic acid groups (broad SMARTS) is 1. The first-order valence-corrected chi connectivity index (χ1v) is 4.70. The molecule has 0 amide bonds. The van der Waals surface area contributed by atoms with Crippen LogP contribution in [0.4, 0.5) is 0 Å². The molecule has 1 atom stereocenters. The first-order valence-electron chi connectivity index (χ1n) is 4.70. The topological polar surface area (TPSA) is 62.2 Å². The van der Waals surface area contributed by atoms with E-state index >= 15 is 0 Å². The van der Waals surface area contributed by atoms with Gasteiger partial charge in [-0.2, -0.15) is 0 Å². The molecule has 1 aliphatic heterocycles. The van der Waals surface area contributed by atoms with Crippen LogP contribution in [0.2, 0.25) is 0 Å². The van der Waals surface area contributed by atoms with Crippen LogP contribution in [-0.2, 0) is 0 Å². The van der Waals surface area contributed by atoms with Gasteiger partial charge in [0.2, 0.25) is 0 Å². The number of pyridine rings is 1. The molecule has 0 spiro atoms. The first kappa shape index (κ1) is 9.15. The molecule has 1 aliphatic rings. The quantitative estimate of drug-likeness (QED) is 0.739. The Morgan fingerprint density at radius 1 is 1.57 bits per heavy atom. The Hall–Kier alpha value is -1.42. The summed E-state index contributed by atoms with van der Waals surface area (Å²) in [7, 11) is 0. The van der Waals surface area contributed by atoms with Gasteiger partial charge in [-0.05, 0) is 31.5 Å². The number of hydrogen-bond acceptors (Lipinski definition) is 3. The van der Waals surface area contributed by atoms with Gasteiger partial charge in [0, 0.05) is 12.2 Å². The van der Waals surface area contributed by atoms with E-state index in [1.54, 1.807) is 12.1 Å². The molecule has 0 bridgehead atoms. The average molecular weight is 192 g/mol. The first-order chi connectivity index (χ1) is 6.77. The second-order valence-electron chi connectivity index (χ2n) is 3.43. The van der Waals surface area contributed by atoms with Crippen LogP contribution < -0.4 is 5.32 Å². The maximum Gasteiger partial charge on any atom is 0.337 e. The van der Waals surface area contributed by atoms with E-state index in [4.69, 9.17) is 5.11 Å². The molecule has 2 rings (SSSR count). The van der Waals surface area contributed by atoms with Crippen LogP contribution in [0, 0.1) is 0 Å². The Balaban J connectivity index is 2.16. The third kappa shape index (κ3) is 1.75. The lowest BCUT2D eigenvalue weighted by Gasteiger charge is -2.08. The van der Waals surface area contributed by atoms with E-state index in [1.165, 1.54) is 6.20 Å². The van der Waals surface area contributed by atoms with Gasteiger partial charge in [-0.15, -0.1) is 0 Å². The van der Waals surface area contributed by atoms with Crippen molar-refractivity contribution in [1.82, 2.24) is 10.3 Å². The van der Waals surface area contributed by atoms with E-state index in [2.05, 4.69) is 10.3 Å². The SMILES string of the molecule is O=C(O)c1ccc([C@@H]2CCCN2)nc1. The molecule has 14 heavy (non-hydrogen) atoms. The molecular formula is C10H12N2O2. The van der Waals surface area contributed by atoms with Crippen molar-refractivity contribution in [3.63, 3.8) is 0 Å². The van der Waals surface area contributed by atoms with Gasteiger partial charge >= 0.3 is 5.97 Å². The van der Waals surface area contributed by atoms with E-state index in [1.807, 2.05) is 0 Å². The summed E-state index contributed by atoms with van der Waals surface area (Å²) in [5.74, 6) is -0.927. The minimum atomic E-state index is -0.927. The Morgan fingerprint density at radius 3 is 2.93 bits per heavy atom. The summed E-state index contributed by atoms with van der Waals surface area (Å²) in [6, 6.07) is 3.69. The molecule has 2 heterocycles. The number of nitrogens with zero attached hydrogens (tertiary/aromatic N) is 1. The third-order valence-corrected chi connectivity index (χ3v) is 2.45. The zero-order valence-electron chi connectivity index (χ0n) is 7.73. The summed E-state index contributed by atoms with van der Waals surface area (Å²) in [4.78, 5) is 14.7. The molecular weight excluding hydrogens is 180 g/mol. The van der Waals surface area contributed by atoms with Gasteiger partial charge in [0.05, 0.1) is 11.3 Å². The molecule has 4 nitrogen and oxygen atoms in total. The monoisotopic (exact) mass is 192 g/mol. The van der Waals surface area contributed by atoms with Gasteiger partial charge in [0.15, 0.2) is 0 Å². The van der Waals surface area contributed by atoms with Gasteiger partial charge < -0.3 is 10.4 Å². The van der Waals surface area contributed by atoms with Crippen LogP contribution in [0.5, 0.6) is 0 Å². The van der Waals surface area contributed by atoms with Gasteiger partial charge in [0.1, 0.15) is 0 Å². The van der Waals surface area contributed by atoms with Crippen molar-refractivity contribution < 1.29 is 9.90 Å². The summed E-state index contributed by atoms with van der Waals surface area (Å²) in [5.41, 5.74) is 1.18. The molecule has 0 aliphatic carbocycles. The number of aromatic carboxylic acids is 1. The van der Waals surface area contributed by atoms with Crippen molar-refractivity contribution in [2.24, 2.45) is 0 Å². The lowest BCUT2D eigenvalue weighted by atomic mass is 10.1. The van der Waals surface area contributed by atoms with Crippen LogP contribution in [-0.4, -0.2) is 22.6 Å². The fourth-order valence-electron chi connectivity index (χ4n) is 1.67. The van der Waals surface area contributed by atoms with E-state index in [0.29, 0.717) is 6.04 Å². The number of aromatic nitrogens is 1. The molecule has 0 saturated carbocycles. The second kappa shape index (κ2) is 3.75. The molecule has 74 valence electrons. The highest BCUT2D eigenvalue weighted by Crippen LogP contribution is 2.20.